The second-order valence-corrected chi connectivity index (χ2v) is 11.2. The van der Waals surface area contributed by atoms with Gasteiger partial charge in [-0.25, -0.2) is 0 Å². The van der Waals surface area contributed by atoms with E-state index in [9.17, 15) is 0 Å². The zero-order valence-electron chi connectivity index (χ0n) is 20.4. The van der Waals surface area contributed by atoms with Crippen molar-refractivity contribution in [3.05, 3.63) is 65.7 Å². The van der Waals surface area contributed by atoms with Gasteiger partial charge in [-0.15, -0.1) is 34.5 Å². The van der Waals surface area contributed by atoms with Crippen LogP contribution in [0.4, 0.5) is 0 Å². The molecule has 0 aromatic heterocycles. The van der Waals surface area contributed by atoms with Gasteiger partial charge in [-0.05, 0) is 36.1 Å². The summed E-state index contributed by atoms with van der Waals surface area (Å²) < 4.78 is 0. The summed E-state index contributed by atoms with van der Waals surface area (Å²) in [7, 11) is -0.880. The Morgan fingerprint density at radius 1 is 0.906 bits per heavy atom. The SMILES string of the molecule is CCCCCCc1cc2c(-c3ccc(C(C)(C)C)cc3)cccc2[cH-]1.C[Si](C)O.[Cl-].[Cl-].[Zr+3]. The third-order valence-corrected chi connectivity index (χ3v) is 5.19. The second kappa shape index (κ2) is 16.3. The van der Waals surface area contributed by atoms with Crippen LogP contribution in [-0.4, -0.2) is 13.8 Å². The van der Waals surface area contributed by atoms with E-state index in [4.69, 9.17) is 4.80 Å². The van der Waals surface area contributed by atoms with Crippen molar-refractivity contribution in [1.29, 1.82) is 0 Å². The van der Waals surface area contributed by atoms with Gasteiger partial charge in [0.05, 0.1) is 0 Å². The van der Waals surface area contributed by atoms with Crippen LogP contribution < -0.4 is 24.8 Å². The van der Waals surface area contributed by atoms with E-state index in [0.717, 1.165) is 0 Å². The molecule has 0 aliphatic rings. The Balaban J connectivity index is 0. The number of hydrogen-bond acceptors (Lipinski definition) is 1. The molecular formula is C27H38Cl2OSiZr. The predicted molar refractivity (Wildman–Crippen MR) is 131 cm³/mol. The van der Waals surface area contributed by atoms with Gasteiger partial charge in [-0.3, -0.25) is 0 Å². The third-order valence-electron chi connectivity index (χ3n) is 5.19. The fraction of sp³-hybridized carbons (Fsp3) is 0.444. The molecule has 0 fully saturated rings. The van der Waals surface area contributed by atoms with Gasteiger partial charge in [0.25, 0.3) is 0 Å². The number of halogens is 2. The minimum atomic E-state index is -0.880. The van der Waals surface area contributed by atoms with Gasteiger partial charge >= 0.3 is 26.2 Å². The Labute approximate surface area is 229 Å². The smallest absolute Gasteiger partial charge is 1.00 e. The van der Waals surface area contributed by atoms with Crippen molar-refractivity contribution in [2.75, 3.05) is 0 Å². The Morgan fingerprint density at radius 2 is 1.50 bits per heavy atom. The van der Waals surface area contributed by atoms with Gasteiger partial charge in [0, 0.05) is 0 Å². The minimum Gasteiger partial charge on any atom is -1.00 e. The number of rotatable bonds is 6. The maximum absolute atomic E-state index is 8.16. The quantitative estimate of drug-likeness (QED) is 0.274. The van der Waals surface area contributed by atoms with Crippen LogP contribution in [-0.2, 0) is 38.0 Å². The summed E-state index contributed by atoms with van der Waals surface area (Å²) in [6.45, 7) is 12.7. The van der Waals surface area contributed by atoms with Gasteiger partial charge in [0.15, 0.2) is 9.04 Å². The van der Waals surface area contributed by atoms with Crippen LogP contribution in [0.3, 0.4) is 0 Å². The van der Waals surface area contributed by atoms with Crippen molar-refractivity contribution < 1.29 is 55.8 Å². The number of benzene rings is 2. The van der Waals surface area contributed by atoms with E-state index >= 15 is 0 Å². The molecule has 174 valence electrons. The first kappa shape index (κ1) is 33.9. The van der Waals surface area contributed by atoms with E-state index in [-0.39, 0.29) is 56.4 Å². The maximum Gasteiger partial charge on any atom is 3.00 e. The summed E-state index contributed by atoms with van der Waals surface area (Å²) in [6.07, 6.45) is 6.51. The molecule has 0 saturated heterocycles. The molecule has 0 amide bonds. The molecule has 32 heavy (non-hydrogen) atoms. The number of hydrogen-bond donors (Lipinski definition) is 1. The van der Waals surface area contributed by atoms with Crippen molar-refractivity contribution in [3.63, 3.8) is 0 Å². The third kappa shape index (κ3) is 10.7. The van der Waals surface area contributed by atoms with Crippen LogP contribution in [0.25, 0.3) is 21.9 Å². The summed E-state index contributed by atoms with van der Waals surface area (Å²) in [5.74, 6) is 0. The van der Waals surface area contributed by atoms with Crippen LogP contribution in [0.2, 0.25) is 13.1 Å². The summed E-state index contributed by atoms with van der Waals surface area (Å²) in [4.78, 5) is 8.16. The molecule has 2 radical (unpaired) electrons. The average molecular weight is 569 g/mol. The monoisotopic (exact) mass is 566 g/mol. The van der Waals surface area contributed by atoms with Gasteiger partial charge in [0.1, 0.15) is 0 Å². The zero-order valence-corrected chi connectivity index (χ0v) is 25.4. The summed E-state index contributed by atoms with van der Waals surface area (Å²) in [5, 5.41) is 2.78. The van der Waals surface area contributed by atoms with Gasteiger partial charge in [0.2, 0.25) is 0 Å². The number of unbranched alkanes of at least 4 members (excludes halogenated alkanes) is 3. The Morgan fingerprint density at radius 3 is 2.03 bits per heavy atom. The summed E-state index contributed by atoms with van der Waals surface area (Å²) >= 11 is 0. The molecule has 5 heteroatoms. The van der Waals surface area contributed by atoms with Gasteiger partial charge in [-0.1, -0.05) is 89.3 Å². The Bertz CT molecular complexity index is 880. The van der Waals surface area contributed by atoms with Crippen molar-refractivity contribution in [1.82, 2.24) is 0 Å². The predicted octanol–water partition coefficient (Wildman–Crippen LogP) is 1.88. The standard InChI is InChI=1S/C25H31.C2H7OSi.2ClH.Zr/c1-5-6-7-8-10-19-17-21-11-9-12-23(24(21)18-19)20-13-15-22(16-14-20)25(2,3)4;1-4(2)3;;;/h9,11-18H,5-8,10H2,1-4H3;3H,1-2H3;2*1H;/q-1;;;;+3/p-2. The number of fused-ring (bicyclic) bond motifs is 1. The molecule has 3 aromatic carbocycles. The number of aryl methyl sites for hydroxylation is 1. The molecule has 0 unspecified atom stereocenters. The molecule has 0 atom stereocenters. The van der Waals surface area contributed by atoms with E-state index in [1.165, 1.54) is 65.1 Å². The van der Waals surface area contributed by atoms with Crippen molar-refractivity contribution >= 4 is 19.8 Å². The summed E-state index contributed by atoms with van der Waals surface area (Å²) in [6, 6.07) is 20.6. The fourth-order valence-corrected chi connectivity index (χ4v) is 3.60. The fourth-order valence-electron chi connectivity index (χ4n) is 3.60. The zero-order chi connectivity index (χ0) is 21.4. The van der Waals surface area contributed by atoms with E-state index in [2.05, 4.69) is 82.3 Å². The van der Waals surface area contributed by atoms with E-state index in [1.807, 2.05) is 13.1 Å². The van der Waals surface area contributed by atoms with Crippen molar-refractivity contribution in [3.8, 4) is 11.1 Å². The van der Waals surface area contributed by atoms with Crippen molar-refractivity contribution in [2.45, 2.75) is 78.3 Å². The van der Waals surface area contributed by atoms with Crippen LogP contribution in [0.5, 0.6) is 0 Å². The topological polar surface area (TPSA) is 20.2 Å². The molecule has 0 bridgehead atoms. The molecule has 0 heterocycles. The van der Waals surface area contributed by atoms with Gasteiger partial charge in [-0.2, -0.15) is 6.07 Å². The molecule has 0 aliphatic heterocycles. The summed E-state index contributed by atoms with van der Waals surface area (Å²) in [5.41, 5.74) is 5.77. The van der Waals surface area contributed by atoms with Crippen LogP contribution in [0, 0.1) is 0 Å². The normalized spacial score (nSPS) is 10.5. The minimum absolute atomic E-state index is 0. The second-order valence-electron chi connectivity index (χ2n) is 9.26. The van der Waals surface area contributed by atoms with Crippen LogP contribution >= 0.6 is 0 Å². The first-order chi connectivity index (χ1) is 13.7. The molecule has 3 aromatic rings. The molecule has 1 N–H and O–H groups in total. The van der Waals surface area contributed by atoms with Crippen LogP contribution in [0.1, 0.15) is 64.5 Å². The first-order valence-electron chi connectivity index (χ1n) is 11.0. The van der Waals surface area contributed by atoms with E-state index in [1.54, 1.807) is 0 Å². The van der Waals surface area contributed by atoms with Crippen molar-refractivity contribution in [2.24, 2.45) is 0 Å². The molecular weight excluding hydrogens is 531 g/mol. The molecule has 0 saturated carbocycles. The molecule has 0 aliphatic carbocycles. The van der Waals surface area contributed by atoms with E-state index in [0.29, 0.717) is 0 Å². The average Bonchev–Trinajstić information content (AvgIpc) is 3.07. The van der Waals surface area contributed by atoms with Gasteiger partial charge < -0.3 is 29.6 Å². The Kier molecular flexibility index (Phi) is 17.3. The molecule has 0 spiro atoms. The first-order valence-corrected chi connectivity index (χ1v) is 13.5. The molecule has 1 nitrogen and oxygen atoms in total. The molecule has 3 rings (SSSR count). The maximum atomic E-state index is 8.16. The Hall–Kier alpha value is -0.310. The van der Waals surface area contributed by atoms with Crippen LogP contribution in [0.15, 0.2) is 54.6 Å². The van der Waals surface area contributed by atoms with E-state index < -0.39 is 9.04 Å². The largest absolute Gasteiger partial charge is 3.00 e.